The fourth-order valence-electron chi connectivity index (χ4n) is 3.36. The number of halogens is 3. The Kier molecular flexibility index (Phi) is 7.08. The molecule has 0 spiro atoms. The van der Waals surface area contributed by atoms with Crippen molar-refractivity contribution in [2.75, 3.05) is 32.8 Å². The molecule has 0 saturated carbocycles. The van der Waals surface area contributed by atoms with Crippen LogP contribution < -0.4 is 0 Å². The lowest BCUT2D eigenvalue weighted by molar-refractivity contribution is -0.137. The number of nitrogens with zero attached hydrogens (tertiary/aromatic N) is 3. The molecule has 0 aliphatic carbocycles. The van der Waals surface area contributed by atoms with E-state index in [2.05, 4.69) is 4.98 Å². The van der Waals surface area contributed by atoms with Gasteiger partial charge in [-0.25, -0.2) is 18.2 Å². The smallest absolute Gasteiger partial charge is 0.416 e. The molecule has 0 N–H and O–H groups in total. The molecule has 1 saturated heterocycles. The highest BCUT2D eigenvalue weighted by Crippen LogP contribution is 2.30. The van der Waals surface area contributed by atoms with Gasteiger partial charge in [0.05, 0.1) is 28.3 Å². The van der Waals surface area contributed by atoms with Gasteiger partial charge in [0.15, 0.2) is 0 Å². The molecule has 1 aromatic heterocycles. The third kappa shape index (κ3) is 5.33. The molecule has 3 rings (SSSR count). The van der Waals surface area contributed by atoms with Crippen LogP contribution in [0, 0.1) is 6.92 Å². The van der Waals surface area contributed by atoms with Crippen LogP contribution in [0.3, 0.4) is 0 Å². The van der Waals surface area contributed by atoms with Crippen molar-refractivity contribution in [2.45, 2.75) is 24.9 Å². The second-order valence-corrected chi connectivity index (χ2v) is 9.21. The maximum atomic E-state index is 12.8. The van der Waals surface area contributed by atoms with E-state index in [-0.39, 0.29) is 48.9 Å². The number of piperazine rings is 1. The maximum Gasteiger partial charge on any atom is 0.416 e. The number of carbonyl (C=O) groups excluding carboxylic acids is 2. The number of esters is 1. The summed E-state index contributed by atoms with van der Waals surface area (Å²) in [4.78, 5) is 30.0. The van der Waals surface area contributed by atoms with Crippen LogP contribution in [-0.4, -0.2) is 67.3 Å². The van der Waals surface area contributed by atoms with E-state index in [1.165, 1.54) is 17.0 Å². The molecule has 8 nitrogen and oxygen atoms in total. The molecule has 1 fully saturated rings. The Morgan fingerprint density at radius 1 is 1.03 bits per heavy atom. The highest BCUT2D eigenvalue weighted by molar-refractivity contribution is 7.89. The minimum absolute atomic E-state index is 0.0189. The zero-order valence-corrected chi connectivity index (χ0v) is 18.7. The zero-order valence-electron chi connectivity index (χ0n) is 17.9. The first-order valence-electron chi connectivity index (χ1n) is 10.1. The number of sulfonamides is 1. The summed E-state index contributed by atoms with van der Waals surface area (Å²) in [5.41, 5.74) is -0.239. The van der Waals surface area contributed by atoms with E-state index in [1.807, 2.05) is 0 Å². The number of hydrogen-bond acceptors (Lipinski definition) is 6. The highest BCUT2D eigenvalue weighted by Gasteiger charge is 2.33. The summed E-state index contributed by atoms with van der Waals surface area (Å²) in [6.45, 7) is 3.59. The summed E-state index contributed by atoms with van der Waals surface area (Å²) < 4.78 is 69.8. The van der Waals surface area contributed by atoms with E-state index in [9.17, 15) is 31.2 Å². The molecule has 12 heteroatoms. The Balaban J connectivity index is 1.67. The number of rotatable bonds is 5. The molecule has 1 amide bonds. The van der Waals surface area contributed by atoms with Crippen LogP contribution in [0.1, 0.15) is 39.0 Å². The van der Waals surface area contributed by atoms with Crippen LogP contribution >= 0.6 is 0 Å². The molecule has 0 radical (unpaired) electrons. The molecular weight excluding hydrogens is 463 g/mol. The SMILES string of the molecule is CCOC(=O)c1ccc(C(=O)N2CCN(S(=O)(=O)c3ccc(C(F)(F)F)cc3)CC2)nc1C. The standard InChI is InChI=1S/C21H22F3N3O5S/c1-3-32-20(29)17-8-9-18(25-14(17)2)19(28)26-10-12-27(13-11-26)33(30,31)16-6-4-15(5-7-16)21(22,23)24/h4-9H,3,10-13H2,1-2H3. The topological polar surface area (TPSA) is 96.9 Å². The molecule has 1 aromatic carbocycles. The fourth-order valence-corrected chi connectivity index (χ4v) is 4.79. The van der Waals surface area contributed by atoms with Crippen molar-refractivity contribution >= 4 is 21.9 Å². The van der Waals surface area contributed by atoms with Crippen molar-refractivity contribution in [3.8, 4) is 0 Å². The summed E-state index contributed by atoms with van der Waals surface area (Å²) in [7, 11) is -4.00. The van der Waals surface area contributed by atoms with Gasteiger partial charge in [0.2, 0.25) is 10.0 Å². The van der Waals surface area contributed by atoms with Crippen LogP contribution in [0.15, 0.2) is 41.3 Å². The monoisotopic (exact) mass is 485 g/mol. The number of benzene rings is 1. The number of alkyl halides is 3. The van der Waals surface area contributed by atoms with Gasteiger partial charge in [0.25, 0.3) is 5.91 Å². The molecule has 1 aliphatic heterocycles. The van der Waals surface area contributed by atoms with E-state index in [4.69, 9.17) is 4.74 Å². The molecule has 33 heavy (non-hydrogen) atoms. The third-order valence-electron chi connectivity index (χ3n) is 5.15. The Labute approximate surface area is 189 Å². The van der Waals surface area contributed by atoms with Gasteiger partial charge in [0.1, 0.15) is 5.69 Å². The number of aryl methyl sites for hydroxylation is 1. The first-order chi connectivity index (χ1) is 15.4. The van der Waals surface area contributed by atoms with Crippen molar-refractivity contribution in [2.24, 2.45) is 0 Å². The van der Waals surface area contributed by atoms with E-state index in [1.54, 1.807) is 13.8 Å². The minimum Gasteiger partial charge on any atom is -0.462 e. The van der Waals surface area contributed by atoms with E-state index >= 15 is 0 Å². The predicted octanol–water partition coefficient (Wildman–Crippen LogP) is 2.73. The number of pyridine rings is 1. The highest BCUT2D eigenvalue weighted by atomic mass is 32.2. The Morgan fingerprint density at radius 2 is 1.64 bits per heavy atom. The van der Waals surface area contributed by atoms with Crippen molar-refractivity contribution in [3.63, 3.8) is 0 Å². The number of aromatic nitrogens is 1. The molecule has 0 atom stereocenters. The Morgan fingerprint density at radius 3 is 2.15 bits per heavy atom. The van der Waals surface area contributed by atoms with Crippen LogP contribution in [0.25, 0.3) is 0 Å². The molecule has 2 heterocycles. The first-order valence-corrected chi connectivity index (χ1v) is 11.5. The lowest BCUT2D eigenvalue weighted by Crippen LogP contribution is -2.50. The van der Waals surface area contributed by atoms with Gasteiger partial charge in [-0.15, -0.1) is 0 Å². The van der Waals surface area contributed by atoms with Gasteiger partial charge in [-0.05, 0) is 50.2 Å². The van der Waals surface area contributed by atoms with E-state index in [0.29, 0.717) is 5.69 Å². The molecular formula is C21H22F3N3O5S. The maximum absolute atomic E-state index is 12.8. The average molecular weight is 485 g/mol. The van der Waals surface area contributed by atoms with Gasteiger partial charge in [-0.3, -0.25) is 4.79 Å². The van der Waals surface area contributed by atoms with Gasteiger partial charge < -0.3 is 9.64 Å². The summed E-state index contributed by atoms with van der Waals surface area (Å²) in [5, 5.41) is 0. The van der Waals surface area contributed by atoms with Crippen molar-refractivity contribution in [1.29, 1.82) is 0 Å². The number of hydrogen-bond donors (Lipinski definition) is 0. The predicted molar refractivity (Wildman–Crippen MR) is 111 cm³/mol. The quantitative estimate of drug-likeness (QED) is 0.605. The van der Waals surface area contributed by atoms with Gasteiger partial charge in [-0.2, -0.15) is 17.5 Å². The average Bonchev–Trinajstić information content (AvgIpc) is 2.78. The van der Waals surface area contributed by atoms with Crippen LogP contribution in [-0.2, 0) is 20.9 Å². The van der Waals surface area contributed by atoms with E-state index < -0.39 is 33.6 Å². The summed E-state index contributed by atoms with van der Waals surface area (Å²) in [5.74, 6) is -0.955. The molecule has 0 bridgehead atoms. The zero-order chi connectivity index (χ0) is 24.4. The van der Waals surface area contributed by atoms with E-state index in [0.717, 1.165) is 28.6 Å². The fraction of sp³-hybridized carbons (Fsp3) is 0.381. The molecule has 0 unspecified atom stereocenters. The number of carbonyl (C=O) groups is 2. The minimum atomic E-state index is -4.56. The molecule has 178 valence electrons. The first kappa shape index (κ1) is 24.6. The van der Waals surface area contributed by atoms with Crippen LogP contribution in [0.4, 0.5) is 13.2 Å². The van der Waals surface area contributed by atoms with Crippen molar-refractivity contribution in [3.05, 3.63) is 58.9 Å². The van der Waals surface area contributed by atoms with Crippen molar-refractivity contribution < 1.29 is 35.9 Å². The lowest BCUT2D eigenvalue weighted by Gasteiger charge is -2.34. The molecule has 1 aliphatic rings. The van der Waals surface area contributed by atoms with Gasteiger partial charge in [0, 0.05) is 26.2 Å². The van der Waals surface area contributed by atoms with Crippen molar-refractivity contribution in [1.82, 2.24) is 14.2 Å². The Hall–Kier alpha value is -2.99. The number of amides is 1. The normalized spacial score (nSPS) is 15.4. The Bertz CT molecular complexity index is 1140. The number of ether oxygens (including phenoxy) is 1. The third-order valence-corrected chi connectivity index (χ3v) is 7.06. The molecule has 2 aromatic rings. The lowest BCUT2D eigenvalue weighted by atomic mass is 10.1. The van der Waals surface area contributed by atoms with Crippen LogP contribution in [0.2, 0.25) is 0 Å². The summed E-state index contributed by atoms with van der Waals surface area (Å²) >= 11 is 0. The second kappa shape index (κ2) is 9.48. The van der Waals surface area contributed by atoms with Gasteiger partial charge >= 0.3 is 12.1 Å². The summed E-state index contributed by atoms with van der Waals surface area (Å²) in [6, 6.07) is 6.16. The summed E-state index contributed by atoms with van der Waals surface area (Å²) in [6.07, 6.45) is -4.56. The van der Waals surface area contributed by atoms with Crippen LogP contribution in [0.5, 0.6) is 0 Å². The second-order valence-electron chi connectivity index (χ2n) is 7.27. The van der Waals surface area contributed by atoms with Gasteiger partial charge in [-0.1, -0.05) is 0 Å². The largest absolute Gasteiger partial charge is 0.462 e.